The number of allylic oxidation sites excluding steroid dienone is 4. The summed E-state index contributed by atoms with van der Waals surface area (Å²) in [5, 5.41) is 2.87. The van der Waals surface area contributed by atoms with Crippen LogP contribution in [0.3, 0.4) is 0 Å². The fraction of sp³-hybridized carbons (Fsp3) is 0.359. The van der Waals surface area contributed by atoms with Crippen molar-refractivity contribution in [3.05, 3.63) is 118 Å². The summed E-state index contributed by atoms with van der Waals surface area (Å²) in [6.07, 6.45) is 2.42. The van der Waals surface area contributed by atoms with Gasteiger partial charge in [-0.1, -0.05) is 82.3 Å². The van der Waals surface area contributed by atoms with E-state index in [1.807, 2.05) is 73.7 Å². The molecule has 1 N–H and O–H groups in total. The molecule has 1 heterocycles. The van der Waals surface area contributed by atoms with Crippen molar-refractivity contribution in [3.63, 3.8) is 0 Å². The van der Waals surface area contributed by atoms with Crippen molar-refractivity contribution in [2.24, 2.45) is 10.8 Å². The number of rotatable bonds is 7. The molecule has 0 saturated heterocycles. The molecule has 0 fully saturated rings. The molecule has 3 aromatic carbocycles. The number of nitrogens with zero attached hydrogens (tertiary/aromatic N) is 1. The van der Waals surface area contributed by atoms with Gasteiger partial charge >= 0.3 is 0 Å². The Labute approximate surface area is 266 Å². The first-order chi connectivity index (χ1) is 21.4. The second-order valence-corrected chi connectivity index (χ2v) is 14.4. The Morgan fingerprint density at radius 3 is 1.98 bits per heavy atom. The second kappa shape index (κ2) is 11.8. The number of carbonyl (C=O) groups is 3. The highest BCUT2D eigenvalue weighted by Gasteiger charge is 2.48. The Kier molecular flexibility index (Phi) is 8.02. The maximum Gasteiger partial charge on any atom is 0.262 e. The highest BCUT2D eigenvalue weighted by Crippen LogP contribution is 2.54. The van der Waals surface area contributed by atoms with Gasteiger partial charge in [0.25, 0.3) is 5.91 Å². The van der Waals surface area contributed by atoms with Crippen LogP contribution < -0.4 is 10.1 Å². The zero-order chi connectivity index (χ0) is 31.9. The third-order valence-electron chi connectivity index (χ3n) is 9.09. The van der Waals surface area contributed by atoms with Crippen LogP contribution in [0, 0.1) is 17.8 Å². The Morgan fingerprint density at radius 1 is 0.800 bits per heavy atom. The van der Waals surface area contributed by atoms with Crippen LogP contribution in [0.25, 0.3) is 0 Å². The summed E-state index contributed by atoms with van der Waals surface area (Å²) in [6, 6.07) is 25.5. The summed E-state index contributed by atoms with van der Waals surface area (Å²) in [7, 11) is 0. The Hall–Kier alpha value is -4.45. The molecule has 3 aliphatic rings. The predicted molar refractivity (Wildman–Crippen MR) is 177 cm³/mol. The minimum absolute atomic E-state index is 0.113. The van der Waals surface area contributed by atoms with E-state index in [0.29, 0.717) is 25.1 Å². The minimum Gasteiger partial charge on any atom is -0.484 e. The molecule has 0 atom stereocenters. The van der Waals surface area contributed by atoms with Gasteiger partial charge in [-0.25, -0.2) is 0 Å². The maximum atomic E-state index is 14.1. The molecule has 0 spiro atoms. The molecule has 3 aromatic rings. The van der Waals surface area contributed by atoms with E-state index < -0.39 is 5.92 Å². The van der Waals surface area contributed by atoms with Gasteiger partial charge < -0.3 is 15.0 Å². The largest absolute Gasteiger partial charge is 0.484 e. The smallest absolute Gasteiger partial charge is 0.262 e. The van der Waals surface area contributed by atoms with Crippen LogP contribution in [0.1, 0.15) is 76.0 Å². The Morgan fingerprint density at radius 2 is 1.40 bits per heavy atom. The van der Waals surface area contributed by atoms with Crippen LogP contribution in [0.2, 0.25) is 0 Å². The van der Waals surface area contributed by atoms with Crippen LogP contribution >= 0.6 is 0 Å². The van der Waals surface area contributed by atoms with Crippen LogP contribution in [-0.2, 0) is 20.9 Å². The van der Waals surface area contributed by atoms with Gasteiger partial charge in [0.05, 0.1) is 0 Å². The molecule has 0 bridgehead atoms. The average Bonchev–Trinajstić information content (AvgIpc) is 2.96. The van der Waals surface area contributed by atoms with Crippen molar-refractivity contribution >= 4 is 23.2 Å². The van der Waals surface area contributed by atoms with E-state index in [9.17, 15) is 14.4 Å². The van der Waals surface area contributed by atoms with Crippen molar-refractivity contribution in [2.75, 3.05) is 11.9 Å². The number of nitrogens with one attached hydrogen (secondary N) is 1. The number of ketones is 2. The summed E-state index contributed by atoms with van der Waals surface area (Å²) in [6.45, 7) is 11.1. The maximum absolute atomic E-state index is 14.1. The molecule has 6 heteroatoms. The molecular formula is C39H42N2O4. The van der Waals surface area contributed by atoms with Crippen molar-refractivity contribution in [3.8, 4) is 5.75 Å². The number of anilines is 1. The molecule has 0 radical (unpaired) electrons. The molecule has 232 valence electrons. The zero-order valence-corrected chi connectivity index (χ0v) is 26.9. The molecule has 45 heavy (non-hydrogen) atoms. The first-order valence-corrected chi connectivity index (χ1v) is 15.8. The Balaban J connectivity index is 1.34. The molecule has 2 aliphatic carbocycles. The van der Waals surface area contributed by atoms with Crippen LogP contribution in [0.5, 0.6) is 5.75 Å². The third-order valence-corrected chi connectivity index (χ3v) is 9.09. The molecule has 1 aliphatic heterocycles. The van der Waals surface area contributed by atoms with Crippen LogP contribution in [0.15, 0.2) is 101 Å². The zero-order valence-electron chi connectivity index (χ0n) is 26.9. The van der Waals surface area contributed by atoms with Crippen molar-refractivity contribution in [1.29, 1.82) is 0 Å². The lowest BCUT2D eigenvalue weighted by atomic mass is 9.63. The van der Waals surface area contributed by atoms with Gasteiger partial charge in [0.1, 0.15) is 5.75 Å². The van der Waals surface area contributed by atoms with Gasteiger partial charge in [-0.2, -0.15) is 0 Å². The summed E-state index contributed by atoms with van der Waals surface area (Å²) in [4.78, 5) is 43.0. The SMILES string of the molecule is Cc1cccc(NC(=O)COc2ccc(C3C4=C(CC(C)(C)CC4=O)N(Cc4ccccc4)C4=C3C(=O)CC(C)(C)C4)cc2)c1. The summed E-state index contributed by atoms with van der Waals surface area (Å²) < 4.78 is 5.83. The number of ether oxygens (including phenoxy) is 1. The third kappa shape index (κ3) is 6.51. The van der Waals surface area contributed by atoms with E-state index in [2.05, 4.69) is 50.0 Å². The average molecular weight is 603 g/mol. The monoisotopic (exact) mass is 602 g/mol. The van der Waals surface area contributed by atoms with Gasteiger partial charge in [0.2, 0.25) is 0 Å². The lowest BCUT2D eigenvalue weighted by Gasteiger charge is -2.49. The van der Waals surface area contributed by atoms with Crippen molar-refractivity contribution in [2.45, 2.75) is 72.8 Å². The van der Waals surface area contributed by atoms with Crippen molar-refractivity contribution in [1.82, 2.24) is 4.90 Å². The molecule has 6 rings (SSSR count). The molecule has 0 unspecified atom stereocenters. The highest BCUT2D eigenvalue weighted by atomic mass is 16.5. The highest BCUT2D eigenvalue weighted by molar-refractivity contribution is 6.06. The van der Waals surface area contributed by atoms with Gasteiger partial charge in [-0.05, 0) is 71.6 Å². The summed E-state index contributed by atoms with van der Waals surface area (Å²) in [5.41, 5.74) is 7.06. The molecule has 0 aromatic heterocycles. The van der Waals surface area contributed by atoms with Crippen molar-refractivity contribution < 1.29 is 19.1 Å². The minimum atomic E-state index is -0.423. The quantitative estimate of drug-likeness (QED) is 0.298. The van der Waals surface area contributed by atoms with E-state index >= 15 is 0 Å². The number of amides is 1. The summed E-state index contributed by atoms with van der Waals surface area (Å²) >= 11 is 0. The van der Waals surface area contributed by atoms with E-state index in [4.69, 9.17) is 4.74 Å². The van der Waals surface area contributed by atoms with Crippen LogP contribution in [0.4, 0.5) is 5.69 Å². The van der Waals surface area contributed by atoms with E-state index in [1.165, 1.54) is 0 Å². The first kappa shape index (κ1) is 30.6. The molecular weight excluding hydrogens is 560 g/mol. The van der Waals surface area contributed by atoms with Crippen LogP contribution in [-0.4, -0.2) is 29.0 Å². The normalized spacial score (nSPS) is 19.3. The van der Waals surface area contributed by atoms with E-state index in [0.717, 1.165) is 57.8 Å². The fourth-order valence-electron chi connectivity index (χ4n) is 7.16. The van der Waals surface area contributed by atoms with Gasteiger partial charge in [-0.3, -0.25) is 14.4 Å². The molecule has 1 amide bonds. The molecule has 6 nitrogen and oxygen atoms in total. The standard InChI is InChI=1S/C39H42N2O4/c1-25-10-9-13-28(18-25)40-34(44)24-45-29-16-14-27(15-17-29)35-36-30(19-38(2,3)21-32(36)42)41(23-26-11-7-6-8-12-26)31-20-39(4,5)22-33(43)37(31)35/h6-18,35H,19-24H2,1-5H3,(H,40,44). The summed E-state index contributed by atoms with van der Waals surface area (Å²) in [5.74, 6) is 0.109. The number of hydrogen-bond donors (Lipinski definition) is 1. The van der Waals surface area contributed by atoms with Gasteiger partial charge in [-0.15, -0.1) is 0 Å². The number of aryl methyl sites for hydroxylation is 1. The lowest BCUT2D eigenvalue weighted by Crippen LogP contribution is -2.44. The topological polar surface area (TPSA) is 75.7 Å². The predicted octanol–water partition coefficient (Wildman–Crippen LogP) is 7.90. The number of hydrogen-bond acceptors (Lipinski definition) is 5. The number of benzene rings is 3. The molecule has 0 saturated carbocycles. The second-order valence-electron chi connectivity index (χ2n) is 14.4. The van der Waals surface area contributed by atoms with Gasteiger partial charge in [0, 0.05) is 53.5 Å². The fourth-order valence-corrected chi connectivity index (χ4v) is 7.16. The van der Waals surface area contributed by atoms with E-state index in [1.54, 1.807) is 0 Å². The number of carbonyl (C=O) groups excluding carboxylic acids is 3. The Bertz CT molecular complexity index is 1660. The first-order valence-electron chi connectivity index (χ1n) is 15.8. The van der Waals surface area contributed by atoms with E-state index in [-0.39, 0.29) is 34.9 Å². The lowest BCUT2D eigenvalue weighted by molar-refractivity contribution is -0.120. The van der Waals surface area contributed by atoms with Gasteiger partial charge in [0.15, 0.2) is 18.2 Å². The number of Topliss-reactive ketones (excluding diaryl/α,β-unsaturated/α-hetero) is 2.